The molecule has 0 aliphatic rings. The molecule has 2 rings (SSSR count). The summed E-state index contributed by atoms with van der Waals surface area (Å²) in [5, 5.41) is 8.00. The van der Waals surface area contributed by atoms with E-state index >= 15 is 0 Å². The van der Waals surface area contributed by atoms with Crippen molar-refractivity contribution in [3.8, 4) is 0 Å². The van der Waals surface area contributed by atoms with E-state index in [1.165, 1.54) is 6.20 Å². The number of esters is 1. The molecule has 0 N–H and O–H groups in total. The van der Waals surface area contributed by atoms with Crippen LogP contribution in [0.3, 0.4) is 0 Å². The Balaban J connectivity index is 2.12. The molecule has 2 aromatic rings. The summed E-state index contributed by atoms with van der Waals surface area (Å²) in [6.07, 6.45) is 3.10. The summed E-state index contributed by atoms with van der Waals surface area (Å²) in [6, 6.07) is 1.71. The molecule has 0 saturated heterocycles. The summed E-state index contributed by atoms with van der Waals surface area (Å²) < 4.78 is 9.88. The number of ether oxygens (including phenoxy) is 1. The van der Waals surface area contributed by atoms with E-state index in [4.69, 9.17) is 20.8 Å². The van der Waals surface area contributed by atoms with E-state index in [9.17, 15) is 4.79 Å². The van der Waals surface area contributed by atoms with Crippen molar-refractivity contribution in [3.05, 3.63) is 29.4 Å². The molecule has 0 unspecified atom stereocenters. The number of pyridine rings is 1. The van der Waals surface area contributed by atoms with Gasteiger partial charge in [-0.3, -0.25) is 4.98 Å². The molecule has 0 saturated carbocycles. The van der Waals surface area contributed by atoms with Crippen LogP contribution < -0.4 is 0 Å². The third-order valence-electron chi connectivity index (χ3n) is 1.79. The van der Waals surface area contributed by atoms with Gasteiger partial charge in [0.1, 0.15) is 0 Å². The van der Waals surface area contributed by atoms with Crippen molar-refractivity contribution >= 4 is 29.3 Å². The fourth-order valence-corrected chi connectivity index (χ4v) is 1.97. The summed E-state index contributed by atoms with van der Waals surface area (Å²) in [6.45, 7) is 1.94. The number of nitrogens with zero attached hydrogens (tertiary/aromatic N) is 3. The Labute approximate surface area is 112 Å². The minimum atomic E-state index is -0.641. The maximum Gasteiger partial charge on any atom is 0.396 e. The van der Waals surface area contributed by atoms with Gasteiger partial charge in [-0.05, 0) is 24.8 Å². The molecule has 94 valence electrons. The molecule has 0 aliphatic carbocycles. The lowest BCUT2D eigenvalue weighted by atomic mass is 10.5. The van der Waals surface area contributed by atoms with Gasteiger partial charge in [0.15, 0.2) is 0 Å². The van der Waals surface area contributed by atoms with Crippen LogP contribution in [0.5, 0.6) is 0 Å². The van der Waals surface area contributed by atoms with Crippen LogP contribution in [0.15, 0.2) is 33.0 Å². The smallest absolute Gasteiger partial charge is 0.396 e. The zero-order valence-corrected chi connectivity index (χ0v) is 10.9. The van der Waals surface area contributed by atoms with Gasteiger partial charge in [0.25, 0.3) is 5.22 Å². The molecule has 8 heteroatoms. The van der Waals surface area contributed by atoms with Crippen LogP contribution in [0.4, 0.5) is 0 Å². The summed E-state index contributed by atoms with van der Waals surface area (Å²) in [5.41, 5.74) is 0. The molecule has 18 heavy (non-hydrogen) atoms. The van der Waals surface area contributed by atoms with Crippen LogP contribution in [0.1, 0.15) is 17.6 Å². The normalized spacial score (nSPS) is 10.3. The van der Waals surface area contributed by atoms with Crippen LogP contribution in [-0.2, 0) is 4.74 Å². The van der Waals surface area contributed by atoms with Crippen molar-refractivity contribution in [2.24, 2.45) is 0 Å². The molecule has 0 aliphatic heterocycles. The molecule has 2 heterocycles. The van der Waals surface area contributed by atoms with Gasteiger partial charge in [-0.1, -0.05) is 16.7 Å². The average Bonchev–Trinajstić information content (AvgIpc) is 2.81. The van der Waals surface area contributed by atoms with Crippen molar-refractivity contribution in [2.45, 2.75) is 17.0 Å². The quantitative estimate of drug-likeness (QED) is 0.798. The van der Waals surface area contributed by atoms with Gasteiger partial charge in [-0.25, -0.2) is 4.79 Å². The lowest BCUT2D eigenvalue weighted by Crippen LogP contribution is -2.04. The van der Waals surface area contributed by atoms with Gasteiger partial charge in [0.05, 0.1) is 11.6 Å². The summed E-state index contributed by atoms with van der Waals surface area (Å²) in [5.74, 6) is -0.817. The van der Waals surface area contributed by atoms with Gasteiger partial charge in [-0.15, -0.1) is 5.10 Å². The van der Waals surface area contributed by atoms with E-state index in [0.29, 0.717) is 9.92 Å². The van der Waals surface area contributed by atoms with Gasteiger partial charge >= 0.3 is 11.9 Å². The molecular weight excluding hydrogens is 278 g/mol. The number of carbonyl (C=O) groups is 1. The van der Waals surface area contributed by atoms with Crippen LogP contribution in [0, 0.1) is 0 Å². The first-order chi connectivity index (χ1) is 8.70. The number of rotatable bonds is 4. The largest absolute Gasteiger partial charge is 0.459 e. The molecule has 0 amide bonds. The number of hydrogen-bond donors (Lipinski definition) is 0. The highest BCUT2D eigenvalue weighted by Gasteiger charge is 2.17. The van der Waals surface area contributed by atoms with Crippen LogP contribution in [-0.4, -0.2) is 27.8 Å². The molecule has 6 nitrogen and oxygen atoms in total. The molecule has 0 spiro atoms. The Bertz CT molecular complexity index is 561. The molecule has 0 bridgehead atoms. The van der Waals surface area contributed by atoms with Crippen molar-refractivity contribution in [3.63, 3.8) is 0 Å². The minimum Gasteiger partial charge on any atom is -0.459 e. The third kappa shape index (κ3) is 2.99. The zero-order valence-electron chi connectivity index (χ0n) is 9.29. The number of carbonyl (C=O) groups excluding carboxylic acids is 1. The Morgan fingerprint density at radius 3 is 3.11 bits per heavy atom. The SMILES string of the molecule is CCOC(=O)c1nnc(Sc2ccncc2Cl)o1. The van der Waals surface area contributed by atoms with Crippen molar-refractivity contribution in [1.82, 2.24) is 15.2 Å². The third-order valence-corrected chi connectivity index (χ3v) is 3.12. The van der Waals surface area contributed by atoms with E-state index in [1.807, 2.05) is 0 Å². The summed E-state index contributed by atoms with van der Waals surface area (Å²) >= 11 is 7.08. The standard InChI is InChI=1S/C10H8ClN3O3S/c1-2-16-9(15)8-13-14-10(17-8)18-7-3-4-12-5-6(7)11/h3-5H,2H2,1H3. The first-order valence-corrected chi connectivity index (χ1v) is 6.18. The van der Waals surface area contributed by atoms with Crippen molar-refractivity contribution in [1.29, 1.82) is 0 Å². The molecule has 0 fully saturated rings. The number of hydrogen-bond acceptors (Lipinski definition) is 7. The molecule has 0 radical (unpaired) electrons. The van der Waals surface area contributed by atoms with Crippen molar-refractivity contribution in [2.75, 3.05) is 6.61 Å². The van der Waals surface area contributed by atoms with Gasteiger partial charge in [0.2, 0.25) is 0 Å². The summed E-state index contributed by atoms with van der Waals surface area (Å²) in [4.78, 5) is 15.9. The topological polar surface area (TPSA) is 78.1 Å². The Morgan fingerprint density at radius 1 is 1.56 bits per heavy atom. The van der Waals surface area contributed by atoms with Gasteiger partial charge in [-0.2, -0.15) is 0 Å². The van der Waals surface area contributed by atoms with Crippen molar-refractivity contribution < 1.29 is 13.9 Å². The Hall–Kier alpha value is -1.60. The number of aromatic nitrogens is 3. The van der Waals surface area contributed by atoms with E-state index in [0.717, 1.165) is 11.8 Å². The minimum absolute atomic E-state index is 0.176. The maximum absolute atomic E-state index is 11.3. The number of halogens is 1. The zero-order chi connectivity index (χ0) is 13.0. The second-order valence-electron chi connectivity index (χ2n) is 3.00. The van der Waals surface area contributed by atoms with Gasteiger partial charge < -0.3 is 9.15 Å². The monoisotopic (exact) mass is 285 g/mol. The first-order valence-electron chi connectivity index (χ1n) is 4.98. The fraction of sp³-hybridized carbons (Fsp3) is 0.200. The predicted octanol–water partition coefficient (Wildman–Crippen LogP) is 2.45. The second-order valence-corrected chi connectivity index (χ2v) is 4.40. The van der Waals surface area contributed by atoms with Crippen LogP contribution in [0.25, 0.3) is 0 Å². The lowest BCUT2D eigenvalue weighted by molar-refractivity contribution is 0.0475. The maximum atomic E-state index is 11.3. The van der Waals surface area contributed by atoms with E-state index in [1.54, 1.807) is 19.2 Å². The van der Waals surface area contributed by atoms with Gasteiger partial charge in [0, 0.05) is 17.3 Å². The first kappa shape index (κ1) is 12.8. The average molecular weight is 286 g/mol. The highest BCUT2D eigenvalue weighted by atomic mass is 35.5. The predicted molar refractivity (Wildman–Crippen MR) is 63.6 cm³/mol. The highest BCUT2D eigenvalue weighted by Crippen LogP contribution is 2.31. The van der Waals surface area contributed by atoms with Crippen LogP contribution in [0.2, 0.25) is 5.02 Å². The van der Waals surface area contributed by atoms with Crippen LogP contribution >= 0.6 is 23.4 Å². The van der Waals surface area contributed by atoms with E-state index in [-0.39, 0.29) is 17.7 Å². The van der Waals surface area contributed by atoms with E-state index in [2.05, 4.69) is 15.2 Å². The second kappa shape index (κ2) is 5.83. The molecular formula is C10H8ClN3O3S. The Morgan fingerprint density at radius 2 is 2.39 bits per heavy atom. The summed E-state index contributed by atoms with van der Waals surface area (Å²) in [7, 11) is 0. The fourth-order valence-electron chi connectivity index (χ4n) is 1.07. The Kier molecular flexibility index (Phi) is 4.16. The highest BCUT2D eigenvalue weighted by molar-refractivity contribution is 7.99. The lowest BCUT2D eigenvalue weighted by Gasteiger charge is -1.98. The van der Waals surface area contributed by atoms with E-state index < -0.39 is 5.97 Å². The molecule has 0 atom stereocenters. The molecule has 0 aromatic carbocycles. The molecule has 2 aromatic heterocycles.